The molecule has 1 saturated heterocycles. The van der Waals surface area contributed by atoms with Crippen LogP contribution in [0.15, 0.2) is 72.4 Å². The van der Waals surface area contributed by atoms with Crippen LogP contribution in [0.25, 0.3) is 5.76 Å². The highest BCUT2D eigenvalue weighted by Gasteiger charge is 2.47. The van der Waals surface area contributed by atoms with Gasteiger partial charge in [0.2, 0.25) is 0 Å². The van der Waals surface area contributed by atoms with Gasteiger partial charge in [-0.2, -0.15) is 0 Å². The van der Waals surface area contributed by atoms with Crippen LogP contribution in [0.5, 0.6) is 5.75 Å². The van der Waals surface area contributed by atoms with Gasteiger partial charge in [-0.25, -0.2) is 0 Å². The summed E-state index contributed by atoms with van der Waals surface area (Å²) in [6.07, 6.45) is 2.35. The van der Waals surface area contributed by atoms with Crippen LogP contribution < -0.4 is 9.64 Å². The summed E-state index contributed by atoms with van der Waals surface area (Å²) in [6, 6.07) is 17.4. The molecular formula is C28H26N2O4. The van der Waals surface area contributed by atoms with Gasteiger partial charge in [0.05, 0.1) is 17.9 Å². The fraction of sp³-hybridized carbons (Fsp3) is 0.250. The van der Waals surface area contributed by atoms with Crippen molar-refractivity contribution in [2.24, 2.45) is 0 Å². The molecule has 1 atom stereocenters. The van der Waals surface area contributed by atoms with Gasteiger partial charge in [0.25, 0.3) is 11.7 Å². The van der Waals surface area contributed by atoms with Crippen molar-refractivity contribution in [1.82, 2.24) is 4.98 Å². The van der Waals surface area contributed by atoms with Crippen LogP contribution in [0.3, 0.4) is 0 Å². The summed E-state index contributed by atoms with van der Waals surface area (Å²) >= 11 is 0. The smallest absolute Gasteiger partial charge is 0.300 e. The largest absolute Gasteiger partial charge is 0.507 e. The highest BCUT2D eigenvalue weighted by atomic mass is 16.5. The van der Waals surface area contributed by atoms with Crippen molar-refractivity contribution >= 4 is 23.1 Å². The van der Waals surface area contributed by atoms with Gasteiger partial charge in [-0.3, -0.25) is 19.5 Å². The van der Waals surface area contributed by atoms with Crippen LogP contribution >= 0.6 is 0 Å². The lowest BCUT2D eigenvalue weighted by Gasteiger charge is -2.26. The number of amides is 1. The summed E-state index contributed by atoms with van der Waals surface area (Å²) in [6.45, 7) is 6.93. The quantitative estimate of drug-likeness (QED) is 0.344. The van der Waals surface area contributed by atoms with Crippen LogP contribution in [-0.4, -0.2) is 28.4 Å². The Bertz CT molecular complexity index is 1300. The van der Waals surface area contributed by atoms with E-state index in [0.29, 0.717) is 23.6 Å². The van der Waals surface area contributed by atoms with Gasteiger partial charge < -0.3 is 9.84 Å². The Labute approximate surface area is 198 Å². The highest BCUT2D eigenvalue weighted by Crippen LogP contribution is 2.42. The molecule has 5 rings (SSSR count). The Balaban J connectivity index is 1.66. The van der Waals surface area contributed by atoms with Crippen molar-refractivity contribution in [3.05, 3.63) is 94.8 Å². The lowest BCUT2D eigenvalue weighted by molar-refractivity contribution is -0.132. The van der Waals surface area contributed by atoms with Crippen molar-refractivity contribution in [3.63, 3.8) is 0 Å². The van der Waals surface area contributed by atoms with E-state index in [4.69, 9.17) is 4.74 Å². The second-order valence-corrected chi connectivity index (χ2v) is 9.64. The normalized spacial score (nSPS) is 19.3. The SMILES string of the molecule is CC(C)(C)c1ccc(N2C(=O)C(=O)/C(=C(\O)c3ccc4c(c3)CCO4)C2c2ccccn2)cc1. The van der Waals surface area contributed by atoms with E-state index >= 15 is 0 Å². The number of Topliss-reactive ketones (excluding diaryl/α,β-unsaturated/α-hetero) is 1. The summed E-state index contributed by atoms with van der Waals surface area (Å²) in [5.74, 6) is -0.857. The fourth-order valence-electron chi connectivity index (χ4n) is 4.53. The standard InChI is InChI=1S/C28H26N2O4/c1-28(2,3)19-8-10-20(11-9-19)30-24(21-6-4-5-14-29-21)23(26(32)27(30)33)25(31)18-7-12-22-17(16-18)13-15-34-22/h4-12,14,16,24,31H,13,15H2,1-3H3/b25-23-. The van der Waals surface area contributed by atoms with Crippen molar-refractivity contribution in [1.29, 1.82) is 0 Å². The molecule has 2 aliphatic rings. The van der Waals surface area contributed by atoms with E-state index in [-0.39, 0.29) is 16.7 Å². The molecule has 3 aromatic rings. The van der Waals surface area contributed by atoms with E-state index in [2.05, 4.69) is 25.8 Å². The number of ether oxygens (including phenoxy) is 1. The van der Waals surface area contributed by atoms with Crippen LogP contribution in [0, 0.1) is 0 Å². The van der Waals surface area contributed by atoms with Gasteiger partial charge in [-0.1, -0.05) is 39.0 Å². The Morgan fingerprint density at radius 3 is 2.50 bits per heavy atom. The number of benzene rings is 2. The second-order valence-electron chi connectivity index (χ2n) is 9.64. The van der Waals surface area contributed by atoms with Crippen molar-refractivity contribution in [2.75, 3.05) is 11.5 Å². The molecule has 0 saturated carbocycles. The van der Waals surface area contributed by atoms with Gasteiger partial charge in [0.15, 0.2) is 0 Å². The van der Waals surface area contributed by atoms with Crippen LogP contribution in [0.2, 0.25) is 0 Å². The predicted octanol–water partition coefficient (Wildman–Crippen LogP) is 4.94. The highest BCUT2D eigenvalue weighted by molar-refractivity contribution is 6.51. The molecule has 1 N–H and O–H groups in total. The first-order valence-corrected chi connectivity index (χ1v) is 11.3. The Morgan fingerprint density at radius 2 is 1.82 bits per heavy atom. The molecule has 34 heavy (non-hydrogen) atoms. The molecule has 0 radical (unpaired) electrons. The third kappa shape index (κ3) is 3.65. The Morgan fingerprint density at radius 1 is 1.06 bits per heavy atom. The molecule has 1 amide bonds. The van der Waals surface area contributed by atoms with Gasteiger partial charge in [-0.05, 0) is 59.0 Å². The first kappa shape index (κ1) is 21.9. The lowest BCUT2D eigenvalue weighted by Crippen LogP contribution is -2.30. The third-order valence-corrected chi connectivity index (χ3v) is 6.39. The minimum atomic E-state index is -0.841. The maximum Gasteiger partial charge on any atom is 0.300 e. The molecule has 3 heterocycles. The number of carbonyl (C=O) groups is 2. The average molecular weight is 455 g/mol. The minimum Gasteiger partial charge on any atom is -0.507 e. The van der Waals surface area contributed by atoms with Crippen LogP contribution in [-0.2, 0) is 21.4 Å². The van der Waals surface area contributed by atoms with Crippen molar-refractivity contribution < 1.29 is 19.4 Å². The predicted molar refractivity (Wildman–Crippen MR) is 130 cm³/mol. The lowest BCUT2D eigenvalue weighted by atomic mass is 9.87. The maximum absolute atomic E-state index is 13.3. The number of aromatic nitrogens is 1. The van der Waals surface area contributed by atoms with E-state index in [0.717, 1.165) is 23.3 Å². The zero-order valence-electron chi connectivity index (χ0n) is 19.4. The molecule has 0 spiro atoms. The van der Waals surface area contributed by atoms with Crippen molar-refractivity contribution in [3.8, 4) is 5.75 Å². The topological polar surface area (TPSA) is 79.7 Å². The average Bonchev–Trinajstić information content (AvgIpc) is 3.41. The van der Waals surface area contributed by atoms with Gasteiger partial charge in [0, 0.05) is 23.9 Å². The Hall–Kier alpha value is -3.93. The molecule has 0 aliphatic carbocycles. The third-order valence-electron chi connectivity index (χ3n) is 6.39. The molecule has 2 aromatic carbocycles. The summed E-state index contributed by atoms with van der Waals surface area (Å²) in [5, 5.41) is 11.3. The number of carbonyl (C=O) groups excluding carboxylic acids is 2. The monoisotopic (exact) mass is 454 g/mol. The van der Waals surface area contributed by atoms with Gasteiger partial charge >= 0.3 is 0 Å². The molecular weight excluding hydrogens is 428 g/mol. The van der Waals surface area contributed by atoms with Crippen LogP contribution in [0.4, 0.5) is 5.69 Å². The molecule has 1 fully saturated rings. The van der Waals surface area contributed by atoms with E-state index in [1.54, 1.807) is 36.5 Å². The molecule has 0 bridgehead atoms. The number of fused-ring (bicyclic) bond motifs is 1. The number of aliphatic hydroxyl groups excluding tert-OH is 1. The first-order chi connectivity index (χ1) is 16.3. The van der Waals surface area contributed by atoms with E-state index in [1.165, 1.54) is 4.90 Å². The van der Waals surface area contributed by atoms with E-state index in [9.17, 15) is 14.7 Å². The first-order valence-electron chi connectivity index (χ1n) is 11.3. The Kier molecular flexibility index (Phi) is 5.24. The molecule has 1 unspecified atom stereocenters. The van der Waals surface area contributed by atoms with E-state index < -0.39 is 17.7 Å². The number of hydrogen-bond donors (Lipinski definition) is 1. The number of rotatable bonds is 3. The number of hydrogen-bond acceptors (Lipinski definition) is 5. The number of pyridine rings is 1. The summed E-state index contributed by atoms with van der Waals surface area (Å²) < 4.78 is 5.56. The second kappa shape index (κ2) is 8.13. The molecule has 2 aliphatic heterocycles. The number of nitrogens with zero attached hydrogens (tertiary/aromatic N) is 2. The zero-order chi connectivity index (χ0) is 24.0. The molecule has 172 valence electrons. The van der Waals surface area contributed by atoms with Crippen LogP contribution in [0.1, 0.15) is 49.2 Å². The fourth-order valence-corrected chi connectivity index (χ4v) is 4.53. The van der Waals surface area contributed by atoms with E-state index in [1.807, 2.05) is 30.3 Å². The van der Waals surface area contributed by atoms with Gasteiger partial charge in [-0.15, -0.1) is 0 Å². The minimum absolute atomic E-state index is 0.0301. The number of aliphatic hydroxyl groups is 1. The molecule has 6 nitrogen and oxygen atoms in total. The number of ketones is 1. The summed E-state index contributed by atoms with van der Waals surface area (Å²) in [4.78, 5) is 32.4. The summed E-state index contributed by atoms with van der Waals surface area (Å²) in [7, 11) is 0. The molecule has 6 heteroatoms. The maximum atomic E-state index is 13.3. The van der Waals surface area contributed by atoms with Crippen molar-refractivity contribution in [2.45, 2.75) is 38.6 Å². The summed E-state index contributed by atoms with van der Waals surface area (Å²) in [5.41, 5.74) is 3.62. The van der Waals surface area contributed by atoms with Gasteiger partial charge in [0.1, 0.15) is 17.6 Å². The molecule has 1 aromatic heterocycles. The number of anilines is 1. The zero-order valence-corrected chi connectivity index (χ0v) is 19.4.